The number of aldehydes is 2. The number of hydrogen-bond donors (Lipinski definition) is 0. The van der Waals surface area contributed by atoms with Crippen LogP contribution in [0.2, 0.25) is 0 Å². The molecule has 0 spiro atoms. The fourth-order valence-electron chi connectivity index (χ4n) is 0.939. The van der Waals surface area contributed by atoms with Crippen LogP contribution in [-0.4, -0.2) is 17.5 Å². The van der Waals surface area contributed by atoms with E-state index in [-0.39, 0.29) is 23.7 Å². The lowest BCUT2D eigenvalue weighted by Gasteiger charge is -2.10. The summed E-state index contributed by atoms with van der Waals surface area (Å²) in [6.45, 7) is 0. The fourth-order valence-corrected chi connectivity index (χ4v) is 0.939. The van der Waals surface area contributed by atoms with Crippen LogP contribution in [0.25, 0.3) is 0 Å². The lowest BCUT2D eigenvalue weighted by atomic mass is 10.1. The lowest BCUT2D eigenvalue weighted by molar-refractivity contribution is -0.385. The maximum absolute atomic E-state index is 11.1. The molecule has 0 fully saturated rings. The third kappa shape index (κ3) is 1.58. The first-order chi connectivity index (χ1) is 6.60. The molecule has 14 heavy (non-hydrogen) atoms. The van der Waals surface area contributed by atoms with Crippen LogP contribution in [0.15, 0.2) is 12.1 Å². The zero-order valence-electron chi connectivity index (χ0n) is 6.80. The van der Waals surface area contributed by atoms with E-state index in [1.165, 1.54) is 0 Å². The Morgan fingerprint density at radius 3 is 1.86 bits per heavy atom. The molecule has 0 amide bonds. The summed E-state index contributed by atoms with van der Waals surface area (Å²) in [5.41, 5.74) is -1.23. The molecule has 0 aliphatic carbocycles. The number of nitro benzene ring substituents is 1. The number of rotatable bonds is 3. The Morgan fingerprint density at radius 1 is 1.14 bits per heavy atom. The van der Waals surface area contributed by atoms with Crippen LogP contribution in [0.5, 0.6) is 5.75 Å². The summed E-state index contributed by atoms with van der Waals surface area (Å²) in [5, 5.41) is 21.4. The lowest BCUT2D eigenvalue weighted by Crippen LogP contribution is -2.02. The first-order valence-electron chi connectivity index (χ1n) is 3.50. The molecule has 6 heteroatoms. The Kier molecular flexibility index (Phi) is 2.57. The summed E-state index contributed by atoms with van der Waals surface area (Å²) in [7, 11) is 0. The van der Waals surface area contributed by atoms with Gasteiger partial charge in [-0.25, -0.2) is 0 Å². The van der Waals surface area contributed by atoms with Crippen molar-refractivity contribution in [1.29, 1.82) is 0 Å². The second-order valence-corrected chi connectivity index (χ2v) is 2.45. The highest BCUT2D eigenvalue weighted by Gasteiger charge is 2.10. The Morgan fingerprint density at radius 2 is 1.57 bits per heavy atom. The molecular weight excluding hydrogens is 190 g/mol. The average Bonchev–Trinajstić information content (AvgIpc) is 2.17. The Hall–Kier alpha value is -2.24. The molecule has 0 aromatic heterocycles. The molecule has 72 valence electrons. The van der Waals surface area contributed by atoms with Gasteiger partial charge in [0.25, 0.3) is 5.69 Å². The van der Waals surface area contributed by atoms with Gasteiger partial charge in [0.2, 0.25) is 0 Å². The number of nitrogens with zero attached hydrogens (tertiary/aromatic N) is 1. The molecule has 0 saturated carbocycles. The van der Waals surface area contributed by atoms with E-state index < -0.39 is 16.4 Å². The van der Waals surface area contributed by atoms with E-state index in [1.54, 1.807) is 0 Å². The quantitative estimate of drug-likeness (QED) is 0.391. The van der Waals surface area contributed by atoms with Gasteiger partial charge >= 0.3 is 0 Å². The highest BCUT2D eigenvalue weighted by molar-refractivity contribution is 5.89. The van der Waals surface area contributed by atoms with Crippen molar-refractivity contribution in [1.82, 2.24) is 0 Å². The van der Waals surface area contributed by atoms with Gasteiger partial charge in [-0.05, 0) is 0 Å². The zero-order chi connectivity index (χ0) is 10.7. The Balaban J connectivity index is 3.46. The van der Waals surface area contributed by atoms with Crippen molar-refractivity contribution in [2.24, 2.45) is 0 Å². The van der Waals surface area contributed by atoms with Crippen LogP contribution < -0.4 is 5.11 Å². The molecule has 0 radical (unpaired) electrons. The van der Waals surface area contributed by atoms with Gasteiger partial charge in [-0.15, -0.1) is 0 Å². The van der Waals surface area contributed by atoms with Gasteiger partial charge in [-0.1, -0.05) is 5.75 Å². The van der Waals surface area contributed by atoms with Crippen LogP contribution >= 0.6 is 0 Å². The van der Waals surface area contributed by atoms with E-state index in [2.05, 4.69) is 0 Å². The number of carbonyl (C=O) groups is 2. The van der Waals surface area contributed by atoms with Crippen LogP contribution in [0.1, 0.15) is 20.7 Å². The Bertz CT molecular complexity index is 383. The molecule has 1 aromatic carbocycles. The predicted molar refractivity (Wildman–Crippen MR) is 43.3 cm³/mol. The van der Waals surface area contributed by atoms with Crippen LogP contribution in [0, 0.1) is 10.1 Å². The van der Waals surface area contributed by atoms with Crippen molar-refractivity contribution in [3.63, 3.8) is 0 Å². The van der Waals surface area contributed by atoms with Crippen molar-refractivity contribution in [3.8, 4) is 5.75 Å². The molecule has 6 nitrogen and oxygen atoms in total. The van der Waals surface area contributed by atoms with Gasteiger partial charge in [-0.2, -0.15) is 0 Å². The Labute approximate surface area is 77.9 Å². The monoisotopic (exact) mass is 194 g/mol. The minimum atomic E-state index is -0.791. The maximum Gasteiger partial charge on any atom is 0.270 e. The van der Waals surface area contributed by atoms with E-state index in [0.717, 1.165) is 12.1 Å². The van der Waals surface area contributed by atoms with Crippen LogP contribution in [0.4, 0.5) is 5.69 Å². The van der Waals surface area contributed by atoms with Crippen molar-refractivity contribution in [2.75, 3.05) is 0 Å². The smallest absolute Gasteiger partial charge is 0.270 e. The molecular formula is C8H4NO5-. The molecule has 1 rings (SSSR count). The van der Waals surface area contributed by atoms with E-state index in [1.807, 2.05) is 0 Å². The van der Waals surface area contributed by atoms with Gasteiger partial charge in [0.15, 0.2) is 0 Å². The van der Waals surface area contributed by atoms with Crippen molar-refractivity contribution in [3.05, 3.63) is 33.4 Å². The fraction of sp³-hybridized carbons (Fsp3) is 0. The third-order valence-corrected chi connectivity index (χ3v) is 1.60. The van der Waals surface area contributed by atoms with Gasteiger partial charge in [-0.3, -0.25) is 19.7 Å². The van der Waals surface area contributed by atoms with Gasteiger partial charge in [0.05, 0.1) is 4.92 Å². The van der Waals surface area contributed by atoms with Crippen molar-refractivity contribution >= 4 is 18.3 Å². The number of benzene rings is 1. The molecule has 0 atom stereocenters. The van der Waals surface area contributed by atoms with E-state index in [0.29, 0.717) is 0 Å². The molecule has 0 N–H and O–H groups in total. The number of hydrogen-bond acceptors (Lipinski definition) is 5. The SMILES string of the molecule is O=Cc1cc([N+](=O)[O-])cc(C=O)c1[O-]. The van der Waals surface area contributed by atoms with Crippen LogP contribution in [0.3, 0.4) is 0 Å². The normalized spacial score (nSPS) is 9.43. The highest BCUT2D eigenvalue weighted by Crippen LogP contribution is 2.23. The van der Waals surface area contributed by atoms with Crippen LogP contribution in [-0.2, 0) is 0 Å². The topological polar surface area (TPSA) is 100 Å². The zero-order valence-corrected chi connectivity index (χ0v) is 6.80. The van der Waals surface area contributed by atoms with E-state index in [9.17, 15) is 24.8 Å². The number of nitro groups is 1. The summed E-state index contributed by atoms with van der Waals surface area (Å²) in [4.78, 5) is 30.2. The highest BCUT2D eigenvalue weighted by atomic mass is 16.6. The maximum atomic E-state index is 11.1. The second kappa shape index (κ2) is 3.65. The third-order valence-electron chi connectivity index (χ3n) is 1.60. The van der Waals surface area contributed by atoms with Crippen molar-refractivity contribution < 1.29 is 19.6 Å². The molecule has 1 aromatic rings. The first-order valence-corrected chi connectivity index (χ1v) is 3.50. The van der Waals surface area contributed by atoms with Crippen molar-refractivity contribution in [2.45, 2.75) is 0 Å². The summed E-state index contributed by atoms with van der Waals surface area (Å²) in [6, 6.07) is 1.67. The van der Waals surface area contributed by atoms with E-state index in [4.69, 9.17) is 0 Å². The first kappa shape index (κ1) is 9.85. The minimum absolute atomic E-state index is 0.183. The average molecular weight is 194 g/mol. The van der Waals surface area contributed by atoms with Gasteiger partial charge in [0.1, 0.15) is 12.6 Å². The standard InChI is InChI=1S/C8H5NO5/c10-3-5-1-7(9(13)14)2-6(4-11)8(5)12/h1-4,12H/p-1. The van der Waals surface area contributed by atoms with Gasteiger partial charge < -0.3 is 5.11 Å². The summed E-state index contributed by atoms with van der Waals surface area (Å²) < 4.78 is 0. The molecule has 0 aliphatic rings. The number of non-ortho nitro benzene ring substituents is 1. The summed E-state index contributed by atoms with van der Waals surface area (Å²) >= 11 is 0. The molecule has 0 heterocycles. The largest absolute Gasteiger partial charge is 0.871 e. The second-order valence-electron chi connectivity index (χ2n) is 2.45. The number of carbonyl (C=O) groups excluding carboxylic acids is 2. The molecule has 0 bridgehead atoms. The molecule has 0 unspecified atom stereocenters. The van der Waals surface area contributed by atoms with E-state index >= 15 is 0 Å². The molecule has 0 aliphatic heterocycles. The molecule has 0 saturated heterocycles. The minimum Gasteiger partial charge on any atom is -0.871 e. The summed E-state index contributed by atoms with van der Waals surface area (Å²) in [6.07, 6.45) is 0.366. The predicted octanol–water partition coefficient (Wildman–Crippen LogP) is 0.293. The summed E-state index contributed by atoms with van der Waals surface area (Å²) in [5.74, 6) is -0.791. The van der Waals surface area contributed by atoms with Gasteiger partial charge in [0, 0.05) is 23.3 Å².